The normalized spacial score (nSPS) is 21.5. The number of rotatable bonds is 1. The molecule has 1 spiro atoms. The van der Waals surface area contributed by atoms with Crippen LogP contribution in [0.1, 0.15) is 24.2 Å². The second-order valence-corrected chi connectivity index (χ2v) is 6.51. The third-order valence-corrected chi connectivity index (χ3v) is 5.35. The van der Waals surface area contributed by atoms with Crippen molar-refractivity contribution in [3.63, 3.8) is 0 Å². The van der Waals surface area contributed by atoms with Crippen molar-refractivity contribution in [2.24, 2.45) is 0 Å². The number of fused-ring (bicyclic) bond motifs is 3. The maximum Gasteiger partial charge on any atom is 0.231 e. The zero-order valence-electron chi connectivity index (χ0n) is 13.0. The lowest BCUT2D eigenvalue weighted by molar-refractivity contribution is 0.174. The number of nitrogens with zero attached hydrogens (tertiary/aromatic N) is 2. The summed E-state index contributed by atoms with van der Waals surface area (Å²) in [6.07, 6.45) is 5.02. The number of nitrogens with one attached hydrogen (secondary N) is 2. The minimum atomic E-state index is 0.0421. The van der Waals surface area contributed by atoms with E-state index in [9.17, 15) is 0 Å². The van der Waals surface area contributed by atoms with Crippen LogP contribution in [0.3, 0.4) is 0 Å². The summed E-state index contributed by atoms with van der Waals surface area (Å²) in [6.45, 7) is 3.38. The summed E-state index contributed by atoms with van der Waals surface area (Å²) in [6, 6.07) is 6.22. The molecule has 6 nitrogen and oxygen atoms in total. The minimum absolute atomic E-state index is 0.0421. The molecule has 1 saturated heterocycles. The van der Waals surface area contributed by atoms with Crippen LogP contribution in [0.15, 0.2) is 24.5 Å². The topological polar surface area (TPSA) is 62.4 Å². The number of imidazole rings is 1. The Morgan fingerprint density at radius 2 is 2.00 bits per heavy atom. The number of benzene rings is 1. The van der Waals surface area contributed by atoms with E-state index in [1.807, 2.05) is 12.4 Å². The van der Waals surface area contributed by atoms with Crippen LogP contribution in [0.5, 0.6) is 11.5 Å². The Labute approximate surface area is 134 Å². The van der Waals surface area contributed by atoms with Gasteiger partial charge in [-0.15, -0.1) is 0 Å². The second kappa shape index (κ2) is 4.89. The van der Waals surface area contributed by atoms with Gasteiger partial charge in [-0.05, 0) is 25.0 Å². The molecule has 23 heavy (non-hydrogen) atoms. The van der Waals surface area contributed by atoms with E-state index >= 15 is 0 Å². The third-order valence-electron chi connectivity index (χ3n) is 5.35. The summed E-state index contributed by atoms with van der Waals surface area (Å²) >= 11 is 0. The molecule has 0 bridgehead atoms. The van der Waals surface area contributed by atoms with Crippen LogP contribution in [0, 0.1) is 0 Å². The summed E-state index contributed by atoms with van der Waals surface area (Å²) in [5, 5.41) is 3.74. The van der Waals surface area contributed by atoms with E-state index in [0.717, 1.165) is 50.4 Å². The fraction of sp³-hybridized carbons (Fsp3) is 0.471. The quantitative estimate of drug-likeness (QED) is 0.840. The number of ether oxygens (including phenoxy) is 2. The van der Waals surface area contributed by atoms with Crippen LogP contribution in [0.4, 0.5) is 5.69 Å². The smallest absolute Gasteiger partial charge is 0.231 e. The van der Waals surface area contributed by atoms with Crippen LogP contribution >= 0.6 is 0 Å². The average molecular weight is 312 g/mol. The van der Waals surface area contributed by atoms with Crippen LogP contribution in [0.2, 0.25) is 0 Å². The monoisotopic (exact) mass is 312 g/mol. The molecular formula is C17H20N4O2. The SMILES string of the molecule is c1nc2c([nH]1)CCNC21CCN(c2ccc3c(c2)OCO3)CC1. The fourth-order valence-corrected chi connectivity index (χ4v) is 4.08. The summed E-state index contributed by atoms with van der Waals surface area (Å²) in [7, 11) is 0. The molecule has 0 atom stereocenters. The molecule has 1 aromatic heterocycles. The Hall–Kier alpha value is -2.21. The van der Waals surface area contributed by atoms with E-state index in [0.29, 0.717) is 6.79 Å². The van der Waals surface area contributed by atoms with Gasteiger partial charge in [0.25, 0.3) is 0 Å². The second-order valence-electron chi connectivity index (χ2n) is 6.51. The highest BCUT2D eigenvalue weighted by Gasteiger charge is 2.41. The molecule has 0 aliphatic carbocycles. The van der Waals surface area contributed by atoms with Crippen molar-refractivity contribution in [2.45, 2.75) is 24.8 Å². The lowest BCUT2D eigenvalue weighted by atomic mass is 9.80. The predicted molar refractivity (Wildman–Crippen MR) is 86.0 cm³/mol. The van der Waals surface area contributed by atoms with Gasteiger partial charge in [0.15, 0.2) is 11.5 Å². The first-order valence-electron chi connectivity index (χ1n) is 8.26. The fourth-order valence-electron chi connectivity index (χ4n) is 4.08. The maximum atomic E-state index is 5.50. The first-order valence-corrected chi connectivity index (χ1v) is 8.26. The molecule has 0 radical (unpaired) electrons. The number of hydrogen-bond acceptors (Lipinski definition) is 5. The molecule has 5 rings (SSSR count). The van der Waals surface area contributed by atoms with Crippen LogP contribution in [-0.2, 0) is 12.0 Å². The number of anilines is 1. The molecule has 1 fully saturated rings. The zero-order valence-corrected chi connectivity index (χ0v) is 13.0. The van der Waals surface area contributed by atoms with Crippen molar-refractivity contribution in [1.82, 2.24) is 15.3 Å². The Bertz CT molecular complexity index is 734. The average Bonchev–Trinajstić information content (AvgIpc) is 3.24. The lowest BCUT2D eigenvalue weighted by Crippen LogP contribution is -2.54. The molecule has 3 aliphatic rings. The standard InChI is InChI=1S/C17H20N4O2/c1-2-14-15(23-11-22-14)9-12(1)21-7-4-17(5-8-21)16-13(3-6-20-17)18-10-19-16/h1-2,9-10,20H,3-8,11H2,(H,18,19). The molecule has 0 saturated carbocycles. The van der Waals surface area contributed by atoms with Crippen molar-refractivity contribution in [1.29, 1.82) is 0 Å². The Balaban J connectivity index is 1.37. The molecular weight excluding hydrogens is 292 g/mol. The van der Waals surface area contributed by atoms with Crippen LogP contribution < -0.4 is 19.7 Å². The van der Waals surface area contributed by atoms with Gasteiger partial charge in [-0.2, -0.15) is 0 Å². The summed E-state index contributed by atoms with van der Waals surface area (Å²) in [4.78, 5) is 10.3. The summed E-state index contributed by atoms with van der Waals surface area (Å²) < 4.78 is 10.9. The van der Waals surface area contributed by atoms with E-state index in [1.165, 1.54) is 17.1 Å². The van der Waals surface area contributed by atoms with E-state index in [2.05, 4.69) is 32.3 Å². The molecule has 2 N–H and O–H groups in total. The van der Waals surface area contributed by atoms with Gasteiger partial charge in [-0.3, -0.25) is 0 Å². The third kappa shape index (κ3) is 2.01. The first kappa shape index (κ1) is 13.2. The molecule has 2 aromatic rings. The molecule has 6 heteroatoms. The Morgan fingerprint density at radius 1 is 1.13 bits per heavy atom. The van der Waals surface area contributed by atoms with Gasteiger partial charge in [-0.1, -0.05) is 0 Å². The molecule has 0 amide bonds. The zero-order chi connectivity index (χ0) is 15.3. The molecule has 120 valence electrons. The number of hydrogen-bond donors (Lipinski definition) is 2. The van der Waals surface area contributed by atoms with Crippen molar-refractivity contribution < 1.29 is 9.47 Å². The van der Waals surface area contributed by atoms with Crippen molar-refractivity contribution in [3.05, 3.63) is 35.9 Å². The van der Waals surface area contributed by atoms with Crippen molar-refractivity contribution in [2.75, 3.05) is 31.3 Å². The summed E-state index contributed by atoms with van der Waals surface area (Å²) in [5.74, 6) is 1.70. The maximum absolute atomic E-state index is 5.50. The Kier molecular flexibility index (Phi) is 2.82. The van der Waals surface area contributed by atoms with Crippen molar-refractivity contribution >= 4 is 5.69 Å². The van der Waals surface area contributed by atoms with E-state index in [4.69, 9.17) is 9.47 Å². The van der Waals surface area contributed by atoms with Gasteiger partial charge in [-0.25, -0.2) is 4.98 Å². The highest BCUT2D eigenvalue weighted by Crippen LogP contribution is 2.40. The number of H-pyrrole nitrogens is 1. The van der Waals surface area contributed by atoms with Crippen molar-refractivity contribution in [3.8, 4) is 11.5 Å². The lowest BCUT2D eigenvalue weighted by Gasteiger charge is -2.44. The first-order chi connectivity index (χ1) is 11.3. The van der Waals surface area contributed by atoms with Gasteiger partial charge in [0.1, 0.15) is 0 Å². The Morgan fingerprint density at radius 3 is 2.91 bits per heavy atom. The molecule has 0 unspecified atom stereocenters. The highest BCUT2D eigenvalue weighted by molar-refractivity contribution is 5.57. The number of aromatic amines is 1. The minimum Gasteiger partial charge on any atom is -0.454 e. The van der Waals surface area contributed by atoms with Crippen LogP contribution in [-0.4, -0.2) is 36.4 Å². The van der Waals surface area contributed by atoms with Gasteiger partial charge in [0.05, 0.1) is 17.6 Å². The molecule has 1 aromatic carbocycles. The van der Waals surface area contributed by atoms with Gasteiger partial charge < -0.3 is 24.7 Å². The van der Waals surface area contributed by atoms with Gasteiger partial charge >= 0.3 is 0 Å². The van der Waals surface area contributed by atoms with Gasteiger partial charge in [0, 0.05) is 43.5 Å². The summed E-state index contributed by atoms with van der Waals surface area (Å²) in [5.41, 5.74) is 3.79. The highest BCUT2D eigenvalue weighted by atomic mass is 16.7. The molecule has 3 aliphatic heterocycles. The van der Waals surface area contributed by atoms with E-state index < -0.39 is 0 Å². The van der Waals surface area contributed by atoms with E-state index in [1.54, 1.807) is 0 Å². The largest absolute Gasteiger partial charge is 0.454 e. The van der Waals surface area contributed by atoms with Crippen LogP contribution in [0.25, 0.3) is 0 Å². The predicted octanol–water partition coefficient (Wildman–Crippen LogP) is 1.78. The number of aromatic nitrogens is 2. The van der Waals surface area contributed by atoms with E-state index in [-0.39, 0.29) is 5.54 Å². The molecule has 4 heterocycles. The van der Waals surface area contributed by atoms with Gasteiger partial charge in [0.2, 0.25) is 6.79 Å². The number of piperidine rings is 1.